The first kappa shape index (κ1) is 18.3. The van der Waals surface area contributed by atoms with Gasteiger partial charge in [0.1, 0.15) is 18.2 Å². The van der Waals surface area contributed by atoms with E-state index in [1.165, 1.54) is 20.5 Å². The quantitative estimate of drug-likeness (QED) is 0.183. The Hall–Kier alpha value is -2.70. The fourth-order valence-corrected chi connectivity index (χ4v) is 1.71. The molecule has 0 spiro atoms. The first-order chi connectivity index (χ1) is 11.0. The van der Waals surface area contributed by atoms with E-state index >= 15 is 0 Å². The molecule has 1 atom stereocenters. The first-order valence-corrected chi connectivity index (χ1v) is 6.93. The third-order valence-electron chi connectivity index (χ3n) is 3.14. The van der Waals surface area contributed by atoms with Crippen LogP contribution in [0.1, 0.15) is 25.0 Å². The molecule has 0 aliphatic carbocycles. The summed E-state index contributed by atoms with van der Waals surface area (Å²) in [5, 5.41) is 6.73. The van der Waals surface area contributed by atoms with Crippen molar-refractivity contribution in [3.05, 3.63) is 46.6 Å². The molecule has 1 aromatic rings. The number of carbonyl (C=O) groups excluding carboxylic acids is 1. The number of benzene rings is 1. The summed E-state index contributed by atoms with van der Waals surface area (Å²) in [5.74, 6) is -0.516. The number of ether oxygens (including phenoxy) is 2. The van der Waals surface area contributed by atoms with Crippen LogP contribution in [0.2, 0.25) is 0 Å². The third-order valence-corrected chi connectivity index (χ3v) is 3.14. The van der Waals surface area contributed by atoms with Crippen LogP contribution in [-0.4, -0.2) is 31.9 Å². The van der Waals surface area contributed by atoms with Crippen LogP contribution in [0.3, 0.4) is 0 Å². The van der Waals surface area contributed by atoms with Gasteiger partial charge in [0, 0.05) is 5.56 Å². The monoisotopic (exact) mass is 320 g/mol. The molecule has 7 heteroatoms. The van der Waals surface area contributed by atoms with E-state index < -0.39 is 12.0 Å². The molecule has 0 amide bonds. The van der Waals surface area contributed by atoms with E-state index in [-0.39, 0.29) is 12.2 Å². The summed E-state index contributed by atoms with van der Waals surface area (Å²) in [6.45, 7) is 3.40. The predicted octanol–water partition coefficient (Wildman–Crippen LogP) is 2.89. The van der Waals surface area contributed by atoms with Gasteiger partial charge >= 0.3 is 5.97 Å². The second kappa shape index (κ2) is 9.34. The van der Waals surface area contributed by atoms with Gasteiger partial charge < -0.3 is 14.3 Å². The maximum absolute atomic E-state index is 11.9. The molecule has 1 rings (SSSR count). The number of nitrogens with zero attached hydrogens (tertiary/aromatic N) is 2. The summed E-state index contributed by atoms with van der Waals surface area (Å²) >= 11 is 0. The number of nitroso groups, excluding NO2 is 1. The molecule has 0 aromatic heterocycles. The van der Waals surface area contributed by atoms with Crippen LogP contribution >= 0.6 is 0 Å². The molecule has 1 unspecified atom stereocenters. The second-order valence-electron chi connectivity index (χ2n) is 4.70. The van der Waals surface area contributed by atoms with E-state index in [0.29, 0.717) is 11.3 Å². The Kier molecular flexibility index (Phi) is 7.45. The average Bonchev–Trinajstić information content (AvgIpc) is 2.58. The minimum absolute atomic E-state index is 0.122. The van der Waals surface area contributed by atoms with Gasteiger partial charge in [-0.3, -0.25) is 0 Å². The smallest absolute Gasteiger partial charge is 0.341 e. The molecule has 0 saturated carbocycles. The Morgan fingerprint density at radius 1 is 1.30 bits per heavy atom. The van der Waals surface area contributed by atoms with Gasteiger partial charge in [0.15, 0.2) is 0 Å². The van der Waals surface area contributed by atoms with Crippen molar-refractivity contribution in [1.29, 1.82) is 0 Å². The highest BCUT2D eigenvalue weighted by molar-refractivity contribution is 6.16. The van der Waals surface area contributed by atoms with Crippen molar-refractivity contribution in [1.82, 2.24) is 0 Å². The zero-order valence-corrected chi connectivity index (χ0v) is 13.6. The van der Waals surface area contributed by atoms with Crippen molar-refractivity contribution in [2.75, 3.05) is 14.2 Å². The van der Waals surface area contributed by atoms with E-state index in [9.17, 15) is 9.70 Å². The summed E-state index contributed by atoms with van der Waals surface area (Å²) in [5.41, 5.74) is 2.09. The van der Waals surface area contributed by atoms with Gasteiger partial charge in [-0.05, 0) is 19.4 Å². The third kappa shape index (κ3) is 5.21. The number of carbonyl (C=O) groups is 1. The molecule has 0 N–H and O–H groups in total. The second-order valence-corrected chi connectivity index (χ2v) is 4.70. The maximum atomic E-state index is 11.9. The molecule has 0 fully saturated rings. The highest BCUT2D eigenvalue weighted by atomic mass is 16.6. The van der Waals surface area contributed by atoms with Crippen molar-refractivity contribution in [2.45, 2.75) is 26.5 Å². The summed E-state index contributed by atoms with van der Waals surface area (Å²) in [4.78, 5) is 27.6. The van der Waals surface area contributed by atoms with Gasteiger partial charge in [-0.1, -0.05) is 34.6 Å². The summed E-state index contributed by atoms with van der Waals surface area (Å²) in [6, 6.07) is 6.61. The van der Waals surface area contributed by atoms with E-state index in [1.807, 2.05) is 6.07 Å². The minimum atomic E-state index is -0.552. The molecule has 0 aliphatic rings. The first-order valence-electron chi connectivity index (χ1n) is 6.93. The van der Waals surface area contributed by atoms with Crippen LogP contribution in [0.15, 0.2) is 40.9 Å². The molecule has 0 aliphatic heterocycles. The number of hydrogen-bond acceptors (Lipinski definition) is 7. The predicted molar refractivity (Wildman–Crippen MR) is 86.6 cm³/mol. The van der Waals surface area contributed by atoms with Crippen LogP contribution in [0.25, 0.3) is 5.57 Å². The largest absolute Gasteiger partial charge is 0.503 e. The van der Waals surface area contributed by atoms with Crippen molar-refractivity contribution in [3.8, 4) is 0 Å². The topological polar surface area (TPSA) is 86.6 Å². The molecular formula is C16H20N2O5. The number of rotatable bonds is 8. The number of methoxy groups -OCH3 is 2. The lowest BCUT2D eigenvalue weighted by Gasteiger charge is -2.11. The molecule has 1 aromatic carbocycles. The van der Waals surface area contributed by atoms with Crippen molar-refractivity contribution < 1.29 is 19.1 Å². The lowest BCUT2D eigenvalue weighted by atomic mass is 10.0. The lowest BCUT2D eigenvalue weighted by Crippen LogP contribution is -2.11. The average molecular weight is 320 g/mol. The fraction of sp³-hybridized carbons (Fsp3) is 0.375. The van der Waals surface area contributed by atoms with E-state index in [4.69, 9.17) is 14.3 Å². The Morgan fingerprint density at radius 3 is 2.61 bits per heavy atom. The zero-order valence-electron chi connectivity index (χ0n) is 13.6. The molecule has 0 radical (unpaired) electrons. The molecule has 124 valence electrons. The number of oxime groups is 1. The van der Waals surface area contributed by atoms with Crippen LogP contribution in [-0.2, 0) is 25.7 Å². The molecule has 23 heavy (non-hydrogen) atoms. The van der Waals surface area contributed by atoms with Crippen molar-refractivity contribution in [3.63, 3.8) is 0 Å². The lowest BCUT2D eigenvalue weighted by molar-refractivity contribution is -0.133. The van der Waals surface area contributed by atoms with E-state index in [1.54, 1.807) is 32.0 Å². The summed E-state index contributed by atoms with van der Waals surface area (Å²) in [7, 11) is 2.75. The molecular weight excluding hydrogens is 300 g/mol. The normalized spacial score (nSPS) is 13.2. The molecule has 0 bridgehead atoms. The highest BCUT2D eigenvalue weighted by Gasteiger charge is 2.17. The van der Waals surface area contributed by atoms with Gasteiger partial charge in [-0.25, -0.2) is 4.79 Å². The Morgan fingerprint density at radius 2 is 2.00 bits per heavy atom. The van der Waals surface area contributed by atoms with Gasteiger partial charge in [-0.2, -0.15) is 4.91 Å². The Bertz CT molecular complexity index is 610. The maximum Gasteiger partial charge on any atom is 0.341 e. The van der Waals surface area contributed by atoms with Crippen molar-refractivity contribution >= 4 is 17.3 Å². The Balaban J connectivity index is 2.99. The highest BCUT2D eigenvalue weighted by Crippen LogP contribution is 2.21. The fourth-order valence-electron chi connectivity index (χ4n) is 1.71. The summed E-state index contributed by atoms with van der Waals surface area (Å²) < 4.78 is 9.71. The SMILES string of the molecule is COC=C(C(=O)OC)c1ccccc1CON=C(C)C(C)N=O. The van der Waals surface area contributed by atoms with Crippen LogP contribution in [0.5, 0.6) is 0 Å². The van der Waals surface area contributed by atoms with Crippen LogP contribution in [0.4, 0.5) is 0 Å². The van der Waals surface area contributed by atoms with Crippen molar-refractivity contribution in [2.24, 2.45) is 10.3 Å². The molecule has 0 heterocycles. The van der Waals surface area contributed by atoms with E-state index in [0.717, 1.165) is 5.56 Å². The van der Waals surface area contributed by atoms with Gasteiger partial charge in [-0.15, -0.1) is 0 Å². The van der Waals surface area contributed by atoms with Crippen LogP contribution < -0.4 is 0 Å². The number of esters is 1. The molecule has 7 nitrogen and oxygen atoms in total. The standard InChI is InChI=1S/C16H20N2O5/c1-11(17-20)12(2)18-23-9-13-7-5-6-8-14(13)15(10-21-3)16(19)22-4/h5-8,10-11H,9H2,1-4H3. The Labute approximate surface area is 134 Å². The summed E-state index contributed by atoms with van der Waals surface area (Å²) in [6.07, 6.45) is 1.32. The van der Waals surface area contributed by atoms with Gasteiger partial charge in [0.05, 0.1) is 26.2 Å². The molecule has 0 saturated heterocycles. The van der Waals surface area contributed by atoms with E-state index in [2.05, 4.69) is 10.3 Å². The zero-order chi connectivity index (χ0) is 17.2. The minimum Gasteiger partial charge on any atom is -0.503 e. The van der Waals surface area contributed by atoms with Gasteiger partial charge in [0.2, 0.25) is 0 Å². The van der Waals surface area contributed by atoms with Gasteiger partial charge in [0.25, 0.3) is 0 Å². The number of hydrogen-bond donors (Lipinski definition) is 0. The van der Waals surface area contributed by atoms with Crippen LogP contribution in [0, 0.1) is 4.91 Å².